The highest BCUT2D eigenvalue weighted by Gasteiger charge is 2.23. The van der Waals surface area contributed by atoms with Crippen LogP contribution in [0.15, 0.2) is 36.9 Å². The second-order valence-electron chi connectivity index (χ2n) is 4.37. The van der Waals surface area contributed by atoms with Crippen molar-refractivity contribution >= 4 is 12.1 Å². The molecule has 24 heavy (non-hydrogen) atoms. The third-order valence-corrected chi connectivity index (χ3v) is 2.48. The molecule has 8 nitrogen and oxygen atoms in total. The van der Waals surface area contributed by atoms with Crippen LogP contribution in [0.1, 0.15) is 12.5 Å². The Kier molecular flexibility index (Phi) is 11.5. The Morgan fingerprint density at radius 2 is 2.04 bits per heavy atom. The molecule has 2 rings (SSSR count). The molecule has 0 bridgehead atoms. The Bertz CT molecular complexity index is 517. The van der Waals surface area contributed by atoms with Gasteiger partial charge in [0, 0.05) is 18.2 Å². The number of aliphatic carboxylic acids is 1. The second-order valence-corrected chi connectivity index (χ2v) is 4.37. The van der Waals surface area contributed by atoms with E-state index in [9.17, 15) is 9.59 Å². The molecule has 134 valence electrons. The van der Waals surface area contributed by atoms with E-state index in [1.54, 1.807) is 6.92 Å². The SMILES string of the molecule is C=CC(=O)O.CCOC(N)=O.NCc1ccccc1OCC1CO1. The molecule has 0 aromatic heterocycles. The molecule has 1 aliphatic rings. The van der Waals surface area contributed by atoms with Gasteiger partial charge in [-0.2, -0.15) is 0 Å². The lowest BCUT2D eigenvalue weighted by Gasteiger charge is -2.08. The minimum absolute atomic E-state index is 0.297. The highest BCUT2D eigenvalue weighted by Crippen LogP contribution is 2.19. The molecule has 1 amide bonds. The van der Waals surface area contributed by atoms with Crippen LogP contribution in [0.4, 0.5) is 4.79 Å². The van der Waals surface area contributed by atoms with Crippen LogP contribution < -0.4 is 16.2 Å². The Morgan fingerprint density at radius 3 is 2.42 bits per heavy atom. The quantitative estimate of drug-likeness (QED) is 0.524. The first-order chi connectivity index (χ1) is 11.4. The molecule has 1 fully saturated rings. The van der Waals surface area contributed by atoms with Gasteiger partial charge in [-0.3, -0.25) is 0 Å². The number of carboxylic acids is 1. The first kappa shape index (κ1) is 21.4. The van der Waals surface area contributed by atoms with E-state index < -0.39 is 12.1 Å². The van der Waals surface area contributed by atoms with Crippen LogP contribution in [0.5, 0.6) is 5.75 Å². The summed E-state index contributed by atoms with van der Waals surface area (Å²) >= 11 is 0. The van der Waals surface area contributed by atoms with E-state index in [0.29, 0.717) is 25.9 Å². The first-order valence-electron chi connectivity index (χ1n) is 7.24. The number of hydrogen-bond donors (Lipinski definition) is 3. The molecule has 1 unspecified atom stereocenters. The maximum absolute atomic E-state index is 9.60. The summed E-state index contributed by atoms with van der Waals surface area (Å²) in [6, 6.07) is 7.82. The van der Waals surface area contributed by atoms with Gasteiger partial charge in [-0.15, -0.1) is 0 Å². The number of carboxylic acid groups (broad SMARTS) is 1. The predicted octanol–water partition coefficient (Wildman–Crippen LogP) is 1.28. The molecule has 1 aromatic rings. The molecule has 0 saturated carbocycles. The van der Waals surface area contributed by atoms with Crippen LogP contribution in [0.3, 0.4) is 0 Å². The topological polar surface area (TPSA) is 137 Å². The molecule has 1 aromatic carbocycles. The van der Waals surface area contributed by atoms with Crippen LogP contribution in [-0.2, 0) is 20.8 Å². The van der Waals surface area contributed by atoms with Crippen molar-refractivity contribution in [1.82, 2.24) is 0 Å². The summed E-state index contributed by atoms with van der Waals surface area (Å²) in [5, 5.41) is 7.60. The van der Waals surface area contributed by atoms with Gasteiger partial charge in [0.15, 0.2) is 0 Å². The summed E-state index contributed by atoms with van der Waals surface area (Å²) in [4.78, 5) is 18.8. The first-order valence-corrected chi connectivity index (χ1v) is 7.24. The van der Waals surface area contributed by atoms with Gasteiger partial charge in [0.25, 0.3) is 0 Å². The minimum atomic E-state index is -0.981. The number of primary amides is 1. The number of para-hydroxylation sites is 1. The highest BCUT2D eigenvalue weighted by atomic mass is 16.6. The zero-order chi connectivity index (χ0) is 18.4. The molecule has 5 N–H and O–H groups in total. The average Bonchev–Trinajstić information content (AvgIpc) is 3.38. The van der Waals surface area contributed by atoms with E-state index in [-0.39, 0.29) is 0 Å². The molecular formula is C16H24N2O6. The summed E-state index contributed by atoms with van der Waals surface area (Å²) in [6.07, 6.45) is 0.420. The summed E-state index contributed by atoms with van der Waals surface area (Å²) in [6.45, 7) is 6.99. The molecular weight excluding hydrogens is 316 g/mol. The number of rotatable bonds is 6. The Balaban J connectivity index is 0.000000405. The lowest BCUT2D eigenvalue weighted by molar-refractivity contribution is -0.131. The van der Waals surface area contributed by atoms with Crippen molar-refractivity contribution in [2.75, 3.05) is 19.8 Å². The normalized spacial score (nSPS) is 14.0. The van der Waals surface area contributed by atoms with Crippen molar-refractivity contribution in [2.24, 2.45) is 11.5 Å². The van der Waals surface area contributed by atoms with Gasteiger partial charge in [-0.1, -0.05) is 24.8 Å². The largest absolute Gasteiger partial charge is 0.490 e. The molecule has 0 aliphatic carbocycles. The maximum Gasteiger partial charge on any atom is 0.404 e. The lowest BCUT2D eigenvalue weighted by Crippen LogP contribution is -2.11. The molecule has 1 aliphatic heterocycles. The molecule has 0 spiro atoms. The number of benzene rings is 1. The number of carbonyl (C=O) groups excluding carboxylic acids is 1. The number of carbonyl (C=O) groups is 2. The molecule has 0 radical (unpaired) electrons. The predicted molar refractivity (Wildman–Crippen MR) is 88.6 cm³/mol. The number of nitrogens with two attached hydrogens (primary N) is 2. The average molecular weight is 340 g/mol. The zero-order valence-corrected chi connectivity index (χ0v) is 13.6. The fourth-order valence-electron chi connectivity index (χ4n) is 1.30. The smallest absolute Gasteiger partial charge is 0.404 e. The van der Waals surface area contributed by atoms with Crippen molar-refractivity contribution in [3.8, 4) is 5.75 Å². The molecule has 1 heterocycles. The number of amides is 1. The van der Waals surface area contributed by atoms with Crippen LogP contribution >= 0.6 is 0 Å². The lowest BCUT2D eigenvalue weighted by atomic mass is 10.2. The number of hydrogen-bond acceptors (Lipinski definition) is 6. The highest BCUT2D eigenvalue weighted by molar-refractivity contribution is 5.78. The van der Waals surface area contributed by atoms with Crippen LogP contribution in [0, 0.1) is 0 Å². The van der Waals surface area contributed by atoms with E-state index >= 15 is 0 Å². The van der Waals surface area contributed by atoms with Crippen molar-refractivity contribution in [3.05, 3.63) is 42.5 Å². The van der Waals surface area contributed by atoms with E-state index in [4.69, 9.17) is 20.3 Å². The zero-order valence-electron chi connectivity index (χ0n) is 13.6. The summed E-state index contributed by atoms with van der Waals surface area (Å²) in [7, 11) is 0. The van der Waals surface area contributed by atoms with Crippen molar-refractivity contribution in [3.63, 3.8) is 0 Å². The standard InChI is InChI=1S/C10H13NO2.C3H7NO2.C3H4O2/c11-5-8-3-1-2-4-10(8)13-7-9-6-12-9;1-2-6-3(4)5;1-2-3(4)5/h1-4,9H,5-7,11H2;2H2,1H3,(H2,4,5);2H,1H2,(H,4,5). The third kappa shape index (κ3) is 12.0. The van der Waals surface area contributed by atoms with Crippen molar-refractivity contribution in [1.29, 1.82) is 0 Å². The summed E-state index contributed by atoms with van der Waals surface area (Å²) < 4.78 is 14.8. The molecule has 1 saturated heterocycles. The van der Waals surface area contributed by atoms with E-state index in [1.807, 2.05) is 24.3 Å². The third-order valence-electron chi connectivity index (χ3n) is 2.48. The minimum Gasteiger partial charge on any atom is -0.490 e. The van der Waals surface area contributed by atoms with Crippen LogP contribution in [0.2, 0.25) is 0 Å². The second kappa shape index (κ2) is 12.9. The van der Waals surface area contributed by atoms with Crippen molar-refractivity contribution < 1.29 is 28.9 Å². The molecule has 1 atom stereocenters. The number of ether oxygens (including phenoxy) is 3. The van der Waals surface area contributed by atoms with Crippen LogP contribution in [0.25, 0.3) is 0 Å². The Hall–Kier alpha value is -2.58. The van der Waals surface area contributed by atoms with Crippen LogP contribution in [-0.4, -0.2) is 43.1 Å². The van der Waals surface area contributed by atoms with E-state index in [2.05, 4.69) is 17.0 Å². The molecule has 8 heteroatoms. The van der Waals surface area contributed by atoms with Gasteiger partial charge in [0.05, 0.1) is 13.2 Å². The fraction of sp³-hybridized carbons (Fsp3) is 0.375. The summed E-state index contributed by atoms with van der Waals surface area (Å²) in [5.74, 6) is -0.106. The van der Waals surface area contributed by atoms with Gasteiger partial charge in [0.1, 0.15) is 18.5 Å². The Labute approximate surface area is 141 Å². The van der Waals surface area contributed by atoms with Gasteiger partial charge in [0.2, 0.25) is 0 Å². The number of epoxide rings is 1. The maximum atomic E-state index is 9.60. The van der Waals surface area contributed by atoms with Crippen molar-refractivity contribution in [2.45, 2.75) is 19.6 Å². The van der Waals surface area contributed by atoms with Gasteiger partial charge in [-0.05, 0) is 13.0 Å². The monoisotopic (exact) mass is 340 g/mol. The van der Waals surface area contributed by atoms with E-state index in [1.165, 1.54) is 0 Å². The van der Waals surface area contributed by atoms with Gasteiger partial charge in [-0.25, -0.2) is 9.59 Å². The summed E-state index contributed by atoms with van der Waals surface area (Å²) in [5.41, 5.74) is 11.1. The fourth-order valence-corrected chi connectivity index (χ4v) is 1.30. The van der Waals surface area contributed by atoms with E-state index in [0.717, 1.165) is 24.0 Å². The van der Waals surface area contributed by atoms with Gasteiger partial charge >= 0.3 is 12.1 Å². The van der Waals surface area contributed by atoms with Gasteiger partial charge < -0.3 is 30.8 Å². The Morgan fingerprint density at radius 1 is 1.46 bits per heavy atom.